The summed E-state index contributed by atoms with van der Waals surface area (Å²) in [5, 5.41) is 7.66. The minimum atomic E-state index is 0.567. The maximum atomic E-state index is 4.44. The van der Waals surface area contributed by atoms with Crippen molar-refractivity contribution in [2.75, 3.05) is 25.0 Å². The molecule has 0 aliphatic heterocycles. The second kappa shape index (κ2) is 6.65. The molecule has 20 heavy (non-hydrogen) atoms. The Kier molecular flexibility index (Phi) is 4.89. The highest BCUT2D eigenvalue weighted by Crippen LogP contribution is 2.11. The van der Waals surface area contributed by atoms with Crippen molar-refractivity contribution in [2.24, 2.45) is 0 Å². The van der Waals surface area contributed by atoms with Gasteiger partial charge in [0.15, 0.2) is 0 Å². The lowest BCUT2D eigenvalue weighted by molar-refractivity contribution is 0.243. The number of aromatic nitrogens is 4. The summed E-state index contributed by atoms with van der Waals surface area (Å²) in [6, 6.07) is 2.62. The van der Waals surface area contributed by atoms with Gasteiger partial charge >= 0.3 is 0 Å². The van der Waals surface area contributed by atoms with Crippen molar-refractivity contribution in [2.45, 2.75) is 40.2 Å². The van der Waals surface area contributed by atoms with Gasteiger partial charge < -0.3 is 5.32 Å². The molecule has 0 aromatic carbocycles. The number of hydrogen-bond acceptors (Lipinski definition) is 5. The lowest BCUT2D eigenvalue weighted by Gasteiger charge is -2.24. The molecule has 0 bridgehead atoms. The van der Waals surface area contributed by atoms with Crippen molar-refractivity contribution in [3.05, 3.63) is 18.1 Å². The van der Waals surface area contributed by atoms with Crippen LogP contribution in [0.2, 0.25) is 0 Å². The van der Waals surface area contributed by atoms with Gasteiger partial charge in [0.05, 0.1) is 0 Å². The lowest BCUT2D eigenvalue weighted by atomic mass is 10.3. The largest absolute Gasteiger partial charge is 0.369 e. The molecule has 2 aromatic rings. The first-order valence-electron chi connectivity index (χ1n) is 7.33. The van der Waals surface area contributed by atoms with E-state index in [-0.39, 0.29) is 0 Å². The van der Waals surface area contributed by atoms with Gasteiger partial charge in [-0.2, -0.15) is 14.6 Å². The van der Waals surface area contributed by atoms with Crippen LogP contribution in [0.5, 0.6) is 0 Å². The molecule has 0 spiro atoms. The average molecular weight is 276 g/mol. The van der Waals surface area contributed by atoms with Gasteiger partial charge in [0.1, 0.15) is 12.1 Å². The van der Waals surface area contributed by atoms with E-state index >= 15 is 0 Å². The second-order valence-corrected chi connectivity index (χ2v) is 5.11. The van der Waals surface area contributed by atoms with E-state index in [2.05, 4.69) is 53.0 Å². The Labute approximate surface area is 120 Å². The predicted molar refractivity (Wildman–Crippen MR) is 81.0 cm³/mol. The standard InChI is InChI=1S/C14H24N6/c1-5-12-9-13(20-14(18-12)16-10-17-20)15-7-8-19(6-2)11(3)4/h9-11,15H,5-8H2,1-4H3. The highest BCUT2D eigenvalue weighted by Gasteiger charge is 2.09. The van der Waals surface area contributed by atoms with Gasteiger partial charge in [0.25, 0.3) is 5.78 Å². The summed E-state index contributed by atoms with van der Waals surface area (Å²) < 4.78 is 1.75. The van der Waals surface area contributed by atoms with Gasteiger partial charge in [-0.25, -0.2) is 4.98 Å². The van der Waals surface area contributed by atoms with Crippen LogP contribution in [-0.4, -0.2) is 50.2 Å². The van der Waals surface area contributed by atoms with Crippen molar-refractivity contribution in [3.63, 3.8) is 0 Å². The zero-order valence-corrected chi connectivity index (χ0v) is 12.8. The summed E-state index contributed by atoms with van der Waals surface area (Å²) in [5.41, 5.74) is 1.03. The Morgan fingerprint density at radius 3 is 2.80 bits per heavy atom. The Balaban J connectivity index is 2.07. The highest BCUT2D eigenvalue weighted by molar-refractivity contribution is 5.44. The van der Waals surface area contributed by atoms with E-state index in [9.17, 15) is 0 Å². The van der Waals surface area contributed by atoms with Crippen LogP contribution in [0.15, 0.2) is 12.4 Å². The SMILES string of the molecule is CCc1cc(NCCN(CC)C(C)C)n2ncnc2n1. The number of anilines is 1. The third kappa shape index (κ3) is 3.25. The Morgan fingerprint density at radius 2 is 2.15 bits per heavy atom. The maximum absolute atomic E-state index is 4.44. The number of aryl methyl sites for hydroxylation is 1. The average Bonchev–Trinajstić information content (AvgIpc) is 2.91. The molecule has 0 radical (unpaired) electrons. The third-order valence-electron chi connectivity index (χ3n) is 3.51. The van der Waals surface area contributed by atoms with Crippen LogP contribution in [0.3, 0.4) is 0 Å². The Morgan fingerprint density at radius 1 is 1.35 bits per heavy atom. The van der Waals surface area contributed by atoms with E-state index in [1.54, 1.807) is 10.8 Å². The van der Waals surface area contributed by atoms with E-state index in [0.717, 1.165) is 37.6 Å². The van der Waals surface area contributed by atoms with Crippen molar-refractivity contribution < 1.29 is 0 Å². The van der Waals surface area contributed by atoms with Crippen LogP contribution < -0.4 is 5.32 Å². The molecule has 0 saturated heterocycles. The topological polar surface area (TPSA) is 58.4 Å². The zero-order valence-electron chi connectivity index (χ0n) is 12.8. The predicted octanol–water partition coefficient (Wildman–Crippen LogP) is 1.83. The summed E-state index contributed by atoms with van der Waals surface area (Å²) in [6.07, 6.45) is 2.44. The molecule has 0 atom stereocenters. The second-order valence-electron chi connectivity index (χ2n) is 5.11. The molecule has 2 heterocycles. The third-order valence-corrected chi connectivity index (χ3v) is 3.51. The van der Waals surface area contributed by atoms with Crippen LogP contribution in [0.4, 0.5) is 5.82 Å². The lowest BCUT2D eigenvalue weighted by Crippen LogP contribution is -2.34. The first-order chi connectivity index (χ1) is 9.65. The van der Waals surface area contributed by atoms with Crippen LogP contribution in [0, 0.1) is 0 Å². The summed E-state index contributed by atoms with van der Waals surface area (Å²) in [5.74, 6) is 1.62. The smallest absolute Gasteiger partial charge is 0.254 e. The van der Waals surface area contributed by atoms with Crippen LogP contribution in [-0.2, 0) is 6.42 Å². The van der Waals surface area contributed by atoms with Crippen molar-refractivity contribution >= 4 is 11.6 Å². The minimum absolute atomic E-state index is 0.567. The Hall–Kier alpha value is -1.69. The molecule has 2 rings (SSSR count). The monoisotopic (exact) mass is 276 g/mol. The first-order valence-corrected chi connectivity index (χ1v) is 7.33. The van der Waals surface area contributed by atoms with Gasteiger partial charge in [-0.1, -0.05) is 13.8 Å². The molecular weight excluding hydrogens is 252 g/mol. The number of fused-ring (bicyclic) bond motifs is 1. The first kappa shape index (κ1) is 14.7. The Bertz CT molecular complexity index is 548. The molecule has 0 amide bonds. The van der Waals surface area contributed by atoms with Crippen molar-refractivity contribution in [1.82, 2.24) is 24.5 Å². The van der Waals surface area contributed by atoms with Crippen molar-refractivity contribution in [1.29, 1.82) is 0 Å². The molecule has 0 aliphatic rings. The van der Waals surface area contributed by atoms with E-state index in [4.69, 9.17) is 0 Å². The summed E-state index contributed by atoms with van der Waals surface area (Å²) >= 11 is 0. The van der Waals surface area contributed by atoms with E-state index in [1.807, 2.05) is 6.07 Å². The number of hydrogen-bond donors (Lipinski definition) is 1. The van der Waals surface area contributed by atoms with Gasteiger partial charge in [0.2, 0.25) is 0 Å². The van der Waals surface area contributed by atoms with Gasteiger partial charge in [0, 0.05) is 30.9 Å². The molecule has 0 fully saturated rings. The summed E-state index contributed by atoms with van der Waals surface area (Å²) in [7, 11) is 0. The molecule has 6 nitrogen and oxygen atoms in total. The van der Waals surface area contributed by atoms with Crippen LogP contribution in [0.1, 0.15) is 33.4 Å². The molecule has 110 valence electrons. The molecule has 0 aliphatic carbocycles. The fraction of sp³-hybridized carbons (Fsp3) is 0.643. The maximum Gasteiger partial charge on any atom is 0.254 e. The number of nitrogens with zero attached hydrogens (tertiary/aromatic N) is 5. The number of likely N-dealkylation sites (N-methyl/N-ethyl adjacent to an activating group) is 1. The quantitative estimate of drug-likeness (QED) is 0.836. The van der Waals surface area contributed by atoms with Crippen molar-refractivity contribution in [3.8, 4) is 0 Å². The molecule has 0 saturated carbocycles. The fourth-order valence-corrected chi connectivity index (χ4v) is 2.28. The van der Waals surface area contributed by atoms with Crippen LogP contribution in [0.25, 0.3) is 5.78 Å². The molecule has 6 heteroatoms. The van der Waals surface area contributed by atoms with Gasteiger partial charge in [-0.3, -0.25) is 4.90 Å². The van der Waals surface area contributed by atoms with Gasteiger partial charge in [-0.05, 0) is 26.8 Å². The molecular formula is C14H24N6. The molecule has 0 unspecified atom stereocenters. The highest BCUT2D eigenvalue weighted by atomic mass is 15.4. The number of rotatable bonds is 7. The summed E-state index contributed by atoms with van der Waals surface area (Å²) in [6.45, 7) is 11.7. The molecule has 1 N–H and O–H groups in total. The van der Waals surface area contributed by atoms with E-state index < -0.39 is 0 Å². The van der Waals surface area contributed by atoms with Crippen LogP contribution >= 0.6 is 0 Å². The normalized spacial score (nSPS) is 11.7. The minimum Gasteiger partial charge on any atom is -0.369 e. The molecule has 2 aromatic heterocycles. The van der Waals surface area contributed by atoms with Gasteiger partial charge in [-0.15, -0.1) is 0 Å². The number of nitrogens with one attached hydrogen (secondary N) is 1. The fourth-order valence-electron chi connectivity index (χ4n) is 2.28. The van der Waals surface area contributed by atoms with E-state index in [0.29, 0.717) is 11.8 Å². The zero-order chi connectivity index (χ0) is 14.5. The van der Waals surface area contributed by atoms with E-state index in [1.165, 1.54) is 0 Å². The summed E-state index contributed by atoms with van der Waals surface area (Å²) in [4.78, 5) is 11.0.